The average Bonchev–Trinajstić information content (AvgIpc) is 2.87. The largest absolute Gasteiger partial charge is 0.508 e. The lowest BCUT2D eigenvalue weighted by molar-refractivity contribution is -0.142. The molecule has 3 amide bonds. The highest BCUT2D eigenvalue weighted by molar-refractivity contribution is 7.98. The molecule has 5 atom stereocenters. The summed E-state index contributed by atoms with van der Waals surface area (Å²) in [6.07, 6.45) is 1.03. The van der Waals surface area contributed by atoms with Gasteiger partial charge in [-0.1, -0.05) is 12.1 Å². The molecule has 1 aromatic rings. The zero-order valence-corrected chi connectivity index (χ0v) is 22.8. The number of nitrogens with one attached hydrogen (secondary N) is 3. The number of hydrogen-bond acceptors (Lipinski definition) is 9. The lowest BCUT2D eigenvalue weighted by atomic mass is 10.0. The number of carboxylic acid groups (broad SMARTS) is 1. The number of aliphatic imine (C=N–C) groups is 1. The highest BCUT2D eigenvalue weighted by Crippen LogP contribution is 2.11. The first-order chi connectivity index (χ1) is 18.3. The highest BCUT2D eigenvalue weighted by Gasteiger charge is 2.32. The minimum Gasteiger partial charge on any atom is -0.508 e. The fourth-order valence-electron chi connectivity index (χ4n) is 3.44. The van der Waals surface area contributed by atoms with Gasteiger partial charge in [-0.25, -0.2) is 4.79 Å². The number of aliphatic carboxylic acids is 1. The van der Waals surface area contributed by atoms with Gasteiger partial charge in [0.1, 0.15) is 23.9 Å². The molecule has 15 heteroatoms. The van der Waals surface area contributed by atoms with E-state index in [1.165, 1.54) is 30.8 Å². The zero-order valence-electron chi connectivity index (χ0n) is 22.0. The maximum absolute atomic E-state index is 13.1. The number of aromatic hydroxyl groups is 1. The van der Waals surface area contributed by atoms with E-state index in [0.29, 0.717) is 11.3 Å². The molecule has 218 valence electrons. The molecule has 39 heavy (non-hydrogen) atoms. The number of carboxylic acids is 1. The number of phenols is 1. The smallest absolute Gasteiger partial charge is 0.326 e. The van der Waals surface area contributed by atoms with Crippen molar-refractivity contribution in [2.75, 3.05) is 18.6 Å². The number of carbonyl (C=O) groups is 4. The van der Waals surface area contributed by atoms with E-state index < -0.39 is 54.0 Å². The van der Waals surface area contributed by atoms with Crippen molar-refractivity contribution in [3.8, 4) is 5.75 Å². The van der Waals surface area contributed by atoms with E-state index in [1.807, 2.05) is 0 Å². The summed E-state index contributed by atoms with van der Waals surface area (Å²) in [5.41, 5.74) is 17.3. The number of carbonyl (C=O) groups excluding carboxylic acids is 3. The van der Waals surface area contributed by atoms with Gasteiger partial charge in [-0.2, -0.15) is 11.8 Å². The summed E-state index contributed by atoms with van der Waals surface area (Å²) in [5, 5.41) is 36.4. The number of amides is 3. The zero-order chi connectivity index (χ0) is 29.5. The molecule has 0 aliphatic rings. The van der Waals surface area contributed by atoms with Crippen LogP contribution < -0.4 is 33.2 Å². The normalized spacial score (nSPS) is 14.7. The molecular weight excluding hydrogens is 530 g/mol. The number of phenolic OH excluding ortho intramolecular Hbond substituents is 1. The van der Waals surface area contributed by atoms with Gasteiger partial charge in [-0.3, -0.25) is 19.4 Å². The van der Waals surface area contributed by atoms with Crippen molar-refractivity contribution in [1.29, 1.82) is 0 Å². The van der Waals surface area contributed by atoms with Gasteiger partial charge in [0.2, 0.25) is 17.7 Å². The first-order valence-electron chi connectivity index (χ1n) is 12.3. The van der Waals surface area contributed by atoms with Gasteiger partial charge in [0.05, 0.1) is 12.1 Å². The number of guanidine groups is 1. The van der Waals surface area contributed by atoms with Crippen LogP contribution in [0.1, 0.15) is 31.7 Å². The van der Waals surface area contributed by atoms with Crippen LogP contribution in [0.25, 0.3) is 0 Å². The van der Waals surface area contributed by atoms with Gasteiger partial charge < -0.3 is 48.5 Å². The van der Waals surface area contributed by atoms with Crippen LogP contribution in [0.2, 0.25) is 0 Å². The Morgan fingerprint density at radius 2 is 1.59 bits per heavy atom. The Morgan fingerprint density at radius 1 is 0.974 bits per heavy atom. The lowest BCUT2D eigenvalue weighted by Crippen LogP contribution is -2.60. The standard InChI is InChI=1S/C24H39N7O7S/c1-13(32)19(31-20(34)16(25)12-14-5-7-15(33)8-6-14)22(36)29-17(4-3-10-28-24(26)27)21(35)30-18(23(37)38)9-11-39-2/h5-8,13,16-19,32-33H,3-4,9-12,25H2,1-2H3,(H,29,36)(H,30,35)(H,31,34)(H,37,38)(H4,26,27,28). The van der Waals surface area contributed by atoms with Crippen molar-refractivity contribution in [3.63, 3.8) is 0 Å². The number of aliphatic hydroxyl groups is 1. The predicted molar refractivity (Wildman–Crippen MR) is 148 cm³/mol. The minimum absolute atomic E-state index is 0.0457. The number of nitrogens with two attached hydrogens (primary N) is 3. The summed E-state index contributed by atoms with van der Waals surface area (Å²) in [7, 11) is 0. The molecule has 0 bridgehead atoms. The summed E-state index contributed by atoms with van der Waals surface area (Å²) in [6, 6.07) is 1.17. The quantitative estimate of drug-likeness (QED) is 0.0562. The van der Waals surface area contributed by atoms with Gasteiger partial charge in [0, 0.05) is 6.54 Å². The first-order valence-corrected chi connectivity index (χ1v) is 13.6. The Balaban J connectivity index is 2.97. The molecule has 0 aromatic heterocycles. The molecule has 12 N–H and O–H groups in total. The summed E-state index contributed by atoms with van der Waals surface area (Å²) in [4.78, 5) is 54.1. The molecule has 0 saturated heterocycles. The van der Waals surface area contributed by atoms with E-state index in [0.717, 1.165) is 0 Å². The molecule has 0 spiro atoms. The SMILES string of the molecule is CSCCC(NC(=O)C(CCCN=C(N)N)NC(=O)C(NC(=O)C(N)Cc1ccc(O)cc1)C(C)O)C(=O)O. The van der Waals surface area contributed by atoms with Crippen molar-refractivity contribution in [3.05, 3.63) is 29.8 Å². The maximum atomic E-state index is 13.1. The van der Waals surface area contributed by atoms with E-state index in [2.05, 4.69) is 20.9 Å². The molecule has 0 saturated carbocycles. The summed E-state index contributed by atoms with van der Waals surface area (Å²) in [5.74, 6) is -3.17. The fourth-order valence-corrected chi connectivity index (χ4v) is 3.91. The molecule has 1 aromatic carbocycles. The molecule has 0 heterocycles. The topological polar surface area (TPSA) is 255 Å². The van der Waals surface area contributed by atoms with Gasteiger partial charge >= 0.3 is 5.97 Å². The third-order valence-electron chi connectivity index (χ3n) is 5.59. The van der Waals surface area contributed by atoms with Gasteiger partial charge in [0.15, 0.2) is 5.96 Å². The van der Waals surface area contributed by atoms with E-state index in [1.54, 1.807) is 18.4 Å². The van der Waals surface area contributed by atoms with Crippen molar-refractivity contribution < 1.29 is 34.5 Å². The Morgan fingerprint density at radius 3 is 2.13 bits per heavy atom. The number of nitrogens with zero attached hydrogens (tertiary/aromatic N) is 1. The van der Waals surface area contributed by atoms with Crippen LogP contribution >= 0.6 is 11.8 Å². The lowest BCUT2D eigenvalue weighted by Gasteiger charge is -2.26. The van der Waals surface area contributed by atoms with E-state index in [9.17, 15) is 34.5 Å². The molecule has 0 aliphatic heterocycles. The number of rotatable bonds is 17. The Hall–Kier alpha value is -3.56. The third-order valence-corrected chi connectivity index (χ3v) is 6.24. The maximum Gasteiger partial charge on any atom is 0.326 e. The highest BCUT2D eigenvalue weighted by atomic mass is 32.2. The summed E-state index contributed by atoms with van der Waals surface area (Å²) >= 11 is 1.42. The molecule has 0 fully saturated rings. The second-order valence-corrected chi connectivity index (χ2v) is 9.88. The van der Waals surface area contributed by atoms with Crippen LogP contribution in [0.15, 0.2) is 29.3 Å². The Kier molecular flexibility index (Phi) is 14.7. The molecule has 14 nitrogen and oxygen atoms in total. The number of benzene rings is 1. The summed E-state index contributed by atoms with van der Waals surface area (Å²) < 4.78 is 0. The second-order valence-electron chi connectivity index (χ2n) is 8.89. The Labute approximate surface area is 231 Å². The Bertz CT molecular complexity index is 988. The van der Waals surface area contributed by atoms with Gasteiger partial charge in [-0.15, -0.1) is 0 Å². The minimum atomic E-state index is -1.46. The number of hydrogen-bond donors (Lipinski definition) is 9. The van der Waals surface area contributed by atoms with Crippen LogP contribution in [0.3, 0.4) is 0 Å². The van der Waals surface area contributed by atoms with E-state index >= 15 is 0 Å². The van der Waals surface area contributed by atoms with Crippen molar-refractivity contribution >= 4 is 41.4 Å². The number of thioether (sulfide) groups is 1. The van der Waals surface area contributed by atoms with Crippen LogP contribution in [-0.4, -0.2) is 93.8 Å². The molecule has 1 rings (SSSR count). The van der Waals surface area contributed by atoms with Crippen LogP contribution in [0, 0.1) is 0 Å². The van der Waals surface area contributed by atoms with Crippen molar-refractivity contribution in [2.45, 2.75) is 62.9 Å². The molecular formula is C24H39N7O7S. The fraction of sp³-hybridized carbons (Fsp3) is 0.542. The van der Waals surface area contributed by atoms with Crippen molar-refractivity contribution in [1.82, 2.24) is 16.0 Å². The van der Waals surface area contributed by atoms with E-state index in [-0.39, 0.29) is 43.9 Å². The van der Waals surface area contributed by atoms with Gasteiger partial charge in [0.25, 0.3) is 0 Å². The van der Waals surface area contributed by atoms with Crippen LogP contribution in [0.4, 0.5) is 0 Å². The van der Waals surface area contributed by atoms with Crippen LogP contribution in [-0.2, 0) is 25.6 Å². The average molecular weight is 570 g/mol. The molecule has 0 radical (unpaired) electrons. The monoisotopic (exact) mass is 569 g/mol. The predicted octanol–water partition coefficient (Wildman–Crippen LogP) is -2.01. The van der Waals surface area contributed by atoms with E-state index in [4.69, 9.17) is 17.2 Å². The summed E-state index contributed by atoms with van der Waals surface area (Å²) in [6.45, 7) is 1.44. The molecule has 5 unspecified atom stereocenters. The van der Waals surface area contributed by atoms with Crippen LogP contribution in [0.5, 0.6) is 5.75 Å². The van der Waals surface area contributed by atoms with Gasteiger partial charge in [-0.05, 0) is 62.3 Å². The second kappa shape index (κ2) is 17.1. The third kappa shape index (κ3) is 12.7. The first kappa shape index (κ1) is 33.5. The van der Waals surface area contributed by atoms with Crippen molar-refractivity contribution in [2.24, 2.45) is 22.2 Å². The number of aliphatic hydroxyl groups excluding tert-OH is 1. The molecule has 0 aliphatic carbocycles.